The fourth-order valence-corrected chi connectivity index (χ4v) is 5.13. The SMILES string of the molecule is CC(C(=O)OCCOCCOC(=O)C(C)c1cc(C(C)(C)C)c(O)c(C(C)(C)C)c1)c1cc(C(C)(C)C)c(O)c(C(C)(C)C)c1. The average Bonchev–Trinajstić information content (AvgIpc) is 2.89. The zero-order valence-electron chi connectivity index (χ0n) is 30.2. The number of phenols is 2. The Labute approximate surface area is 271 Å². The van der Waals surface area contributed by atoms with Crippen molar-refractivity contribution in [2.24, 2.45) is 0 Å². The molecule has 0 saturated heterocycles. The molecule has 0 radical (unpaired) electrons. The number of aromatic hydroxyl groups is 2. The third kappa shape index (κ3) is 9.96. The van der Waals surface area contributed by atoms with Gasteiger partial charge in [-0.3, -0.25) is 9.59 Å². The topological polar surface area (TPSA) is 102 Å². The molecule has 0 aliphatic rings. The van der Waals surface area contributed by atoms with Gasteiger partial charge in [0.2, 0.25) is 0 Å². The van der Waals surface area contributed by atoms with Crippen LogP contribution >= 0.6 is 0 Å². The van der Waals surface area contributed by atoms with Crippen molar-refractivity contribution < 1.29 is 34.0 Å². The minimum absolute atomic E-state index is 0.0720. The van der Waals surface area contributed by atoms with E-state index in [2.05, 4.69) is 0 Å². The molecule has 0 spiro atoms. The molecule has 0 amide bonds. The van der Waals surface area contributed by atoms with Crippen molar-refractivity contribution in [3.8, 4) is 11.5 Å². The molecule has 0 saturated carbocycles. The molecule has 2 unspecified atom stereocenters. The summed E-state index contributed by atoms with van der Waals surface area (Å²) in [7, 11) is 0. The molecule has 2 aromatic carbocycles. The Bertz CT molecular complexity index is 1170. The van der Waals surface area contributed by atoms with E-state index in [1.165, 1.54) is 0 Å². The van der Waals surface area contributed by atoms with Crippen LogP contribution in [0.2, 0.25) is 0 Å². The van der Waals surface area contributed by atoms with Gasteiger partial charge in [0.1, 0.15) is 24.7 Å². The monoisotopic (exact) mass is 626 g/mol. The van der Waals surface area contributed by atoms with Crippen molar-refractivity contribution in [1.29, 1.82) is 0 Å². The first-order valence-electron chi connectivity index (χ1n) is 16.0. The van der Waals surface area contributed by atoms with Crippen LogP contribution < -0.4 is 0 Å². The lowest BCUT2D eigenvalue weighted by molar-refractivity contribution is -0.148. The zero-order valence-corrected chi connectivity index (χ0v) is 30.2. The van der Waals surface area contributed by atoms with Crippen LogP contribution in [-0.2, 0) is 45.5 Å². The lowest BCUT2D eigenvalue weighted by Crippen LogP contribution is -2.22. The largest absolute Gasteiger partial charge is 0.507 e. The fourth-order valence-electron chi connectivity index (χ4n) is 5.13. The summed E-state index contributed by atoms with van der Waals surface area (Å²) in [6.45, 7) is 28.5. The molecule has 7 heteroatoms. The van der Waals surface area contributed by atoms with Crippen molar-refractivity contribution >= 4 is 11.9 Å². The van der Waals surface area contributed by atoms with E-state index in [1.807, 2.05) is 107 Å². The molecule has 45 heavy (non-hydrogen) atoms. The lowest BCUT2D eigenvalue weighted by atomic mass is 9.77. The standard InChI is InChI=1S/C38H58O7/c1-23(25-19-27(35(3,4)5)31(39)28(20-25)36(6,7)8)33(41)44-17-15-43-16-18-45-34(42)24(2)26-21-29(37(9,10)11)32(40)30(22-26)38(12,13)14/h19-24,39-40H,15-18H2,1-14H3. The van der Waals surface area contributed by atoms with E-state index in [9.17, 15) is 19.8 Å². The minimum atomic E-state index is -0.521. The first-order chi connectivity index (χ1) is 20.4. The number of ether oxygens (including phenoxy) is 3. The van der Waals surface area contributed by atoms with Crippen LogP contribution in [0, 0.1) is 0 Å². The number of esters is 2. The molecule has 0 aliphatic heterocycles. The second-order valence-electron chi connectivity index (χ2n) is 16.3. The van der Waals surface area contributed by atoms with Crippen LogP contribution in [0.25, 0.3) is 0 Å². The van der Waals surface area contributed by atoms with E-state index in [0.29, 0.717) is 0 Å². The Balaban J connectivity index is 1.93. The van der Waals surface area contributed by atoms with E-state index in [-0.39, 0.29) is 71.5 Å². The fraction of sp³-hybridized carbons (Fsp3) is 0.632. The molecule has 2 N–H and O–H groups in total. The Kier molecular flexibility index (Phi) is 12.0. The van der Waals surface area contributed by atoms with Gasteiger partial charge in [-0.25, -0.2) is 0 Å². The summed E-state index contributed by atoms with van der Waals surface area (Å²) in [5.41, 5.74) is 3.60. The normalized spacial score (nSPS) is 14.2. The lowest BCUT2D eigenvalue weighted by Gasteiger charge is -2.29. The molecule has 7 nitrogen and oxygen atoms in total. The van der Waals surface area contributed by atoms with Crippen molar-refractivity contribution in [3.63, 3.8) is 0 Å². The van der Waals surface area contributed by atoms with E-state index in [0.717, 1.165) is 33.4 Å². The summed E-state index contributed by atoms with van der Waals surface area (Å²) in [6.07, 6.45) is 0. The van der Waals surface area contributed by atoms with Crippen LogP contribution in [0.1, 0.15) is 142 Å². The maximum absolute atomic E-state index is 12.9. The van der Waals surface area contributed by atoms with Crippen LogP contribution in [0.3, 0.4) is 0 Å². The van der Waals surface area contributed by atoms with Gasteiger partial charge in [-0.05, 0) is 68.9 Å². The van der Waals surface area contributed by atoms with Crippen molar-refractivity contribution in [2.45, 2.75) is 130 Å². The molecular weight excluding hydrogens is 568 g/mol. The minimum Gasteiger partial charge on any atom is -0.507 e. The second kappa shape index (κ2) is 14.1. The van der Waals surface area contributed by atoms with Crippen molar-refractivity contribution in [3.05, 3.63) is 57.6 Å². The predicted molar refractivity (Wildman–Crippen MR) is 181 cm³/mol. The van der Waals surface area contributed by atoms with Gasteiger partial charge < -0.3 is 24.4 Å². The van der Waals surface area contributed by atoms with Gasteiger partial charge in [0.15, 0.2) is 0 Å². The summed E-state index contributed by atoms with van der Waals surface area (Å²) in [5.74, 6) is -1.24. The zero-order chi connectivity index (χ0) is 34.7. The highest BCUT2D eigenvalue weighted by Crippen LogP contribution is 2.42. The molecule has 252 valence electrons. The Morgan fingerprint density at radius 1 is 0.533 bits per heavy atom. The Morgan fingerprint density at radius 3 is 1.00 bits per heavy atom. The molecular formula is C38H58O7. The first-order valence-corrected chi connectivity index (χ1v) is 16.0. The van der Waals surface area contributed by atoms with E-state index in [1.54, 1.807) is 13.8 Å². The molecule has 0 bridgehead atoms. The summed E-state index contributed by atoms with van der Waals surface area (Å²) < 4.78 is 16.6. The molecule has 0 fully saturated rings. The van der Waals surface area contributed by atoms with Gasteiger partial charge in [-0.15, -0.1) is 0 Å². The molecule has 0 aromatic heterocycles. The van der Waals surface area contributed by atoms with Crippen LogP contribution in [0.5, 0.6) is 11.5 Å². The van der Waals surface area contributed by atoms with Crippen LogP contribution in [-0.4, -0.2) is 48.6 Å². The van der Waals surface area contributed by atoms with E-state index >= 15 is 0 Å². The molecule has 2 atom stereocenters. The predicted octanol–water partition coefficient (Wildman–Crippen LogP) is 8.30. The molecule has 2 aromatic rings. The van der Waals surface area contributed by atoms with Gasteiger partial charge >= 0.3 is 11.9 Å². The third-order valence-electron chi connectivity index (χ3n) is 8.15. The number of hydrogen-bond acceptors (Lipinski definition) is 7. The van der Waals surface area contributed by atoms with Crippen LogP contribution in [0.15, 0.2) is 24.3 Å². The summed E-state index contributed by atoms with van der Waals surface area (Å²) >= 11 is 0. The highest BCUT2D eigenvalue weighted by molar-refractivity contribution is 5.79. The van der Waals surface area contributed by atoms with Gasteiger partial charge in [-0.2, -0.15) is 0 Å². The van der Waals surface area contributed by atoms with Crippen LogP contribution in [0.4, 0.5) is 0 Å². The maximum Gasteiger partial charge on any atom is 0.313 e. The number of carbonyl (C=O) groups is 2. The highest BCUT2D eigenvalue weighted by atomic mass is 16.6. The van der Waals surface area contributed by atoms with Gasteiger partial charge in [0, 0.05) is 0 Å². The smallest absolute Gasteiger partial charge is 0.313 e. The average molecular weight is 627 g/mol. The molecule has 0 heterocycles. The number of rotatable bonds is 10. The number of carbonyl (C=O) groups excluding carboxylic acids is 2. The summed E-state index contributed by atoms with van der Waals surface area (Å²) in [6, 6.07) is 7.59. The van der Waals surface area contributed by atoms with Gasteiger partial charge in [-0.1, -0.05) is 107 Å². The number of phenolic OH excluding ortho intramolecular Hbond substituents is 2. The number of benzene rings is 2. The van der Waals surface area contributed by atoms with E-state index in [4.69, 9.17) is 14.2 Å². The van der Waals surface area contributed by atoms with Crippen molar-refractivity contribution in [2.75, 3.05) is 26.4 Å². The number of hydrogen-bond donors (Lipinski definition) is 2. The molecule has 0 aliphatic carbocycles. The highest BCUT2D eigenvalue weighted by Gasteiger charge is 2.30. The Hall–Kier alpha value is -3.06. The first kappa shape index (κ1) is 38.1. The van der Waals surface area contributed by atoms with Crippen molar-refractivity contribution in [1.82, 2.24) is 0 Å². The quantitative estimate of drug-likeness (QED) is 0.202. The summed E-state index contributed by atoms with van der Waals surface area (Å²) in [4.78, 5) is 25.8. The molecule has 2 rings (SSSR count). The van der Waals surface area contributed by atoms with Gasteiger partial charge in [0.05, 0.1) is 25.0 Å². The maximum atomic E-state index is 12.9. The third-order valence-corrected chi connectivity index (χ3v) is 8.15. The Morgan fingerprint density at radius 2 is 0.778 bits per heavy atom. The summed E-state index contributed by atoms with van der Waals surface area (Å²) in [5, 5.41) is 22.0. The second-order valence-corrected chi connectivity index (χ2v) is 16.3. The van der Waals surface area contributed by atoms with Gasteiger partial charge in [0.25, 0.3) is 0 Å². The van der Waals surface area contributed by atoms with E-state index < -0.39 is 11.8 Å².